The van der Waals surface area contributed by atoms with Gasteiger partial charge in [0.1, 0.15) is 0 Å². The van der Waals surface area contributed by atoms with E-state index in [1.165, 1.54) is 0 Å². The molecule has 1 heterocycles. The number of carbonyl (C=O) groups is 1. The van der Waals surface area contributed by atoms with Gasteiger partial charge in [0.25, 0.3) is 0 Å². The van der Waals surface area contributed by atoms with E-state index in [2.05, 4.69) is 12.2 Å². The predicted octanol–water partition coefficient (Wildman–Crippen LogP) is 2.79. The van der Waals surface area contributed by atoms with Crippen LogP contribution in [0.2, 0.25) is 0 Å². The van der Waals surface area contributed by atoms with E-state index >= 15 is 0 Å². The molecule has 3 N–H and O–H groups in total. The molecule has 23 heavy (non-hydrogen) atoms. The van der Waals surface area contributed by atoms with Crippen molar-refractivity contribution in [2.45, 2.75) is 50.5 Å². The number of nitrogens with two attached hydrogens (primary N) is 1. The van der Waals surface area contributed by atoms with Crippen LogP contribution in [0.25, 0.3) is 0 Å². The molecule has 1 aromatic rings. The van der Waals surface area contributed by atoms with Crippen molar-refractivity contribution in [3.05, 3.63) is 35.9 Å². The highest BCUT2D eigenvalue weighted by Gasteiger charge is 2.42. The summed E-state index contributed by atoms with van der Waals surface area (Å²) in [5, 5.41) is 3.19. The van der Waals surface area contributed by atoms with Crippen LogP contribution in [0.15, 0.2) is 30.3 Å². The van der Waals surface area contributed by atoms with Crippen molar-refractivity contribution in [1.29, 1.82) is 0 Å². The highest BCUT2D eigenvalue weighted by atomic mass is 35.5. The van der Waals surface area contributed by atoms with E-state index in [1.807, 2.05) is 30.3 Å². The van der Waals surface area contributed by atoms with Gasteiger partial charge in [-0.3, -0.25) is 4.79 Å². The summed E-state index contributed by atoms with van der Waals surface area (Å²) in [6.45, 7) is 3.90. The van der Waals surface area contributed by atoms with Gasteiger partial charge in [-0.05, 0) is 24.8 Å². The smallest absolute Gasteiger partial charge is 0.231 e. The molecule has 1 atom stereocenters. The van der Waals surface area contributed by atoms with Crippen molar-refractivity contribution in [2.75, 3.05) is 19.8 Å². The lowest BCUT2D eigenvalue weighted by Gasteiger charge is -2.37. The number of benzene rings is 1. The molecule has 2 rings (SSSR count). The second kappa shape index (κ2) is 9.91. The van der Waals surface area contributed by atoms with E-state index < -0.39 is 5.41 Å². The van der Waals surface area contributed by atoms with Crippen LogP contribution >= 0.6 is 12.4 Å². The van der Waals surface area contributed by atoms with Crippen LogP contribution in [0.5, 0.6) is 0 Å². The minimum atomic E-state index is -0.473. The second-order valence-electron chi connectivity index (χ2n) is 6.11. The summed E-state index contributed by atoms with van der Waals surface area (Å²) in [4.78, 5) is 13.0. The maximum atomic E-state index is 13.0. The maximum absolute atomic E-state index is 13.0. The Morgan fingerprint density at radius 1 is 1.30 bits per heavy atom. The molecule has 1 aromatic carbocycles. The Morgan fingerprint density at radius 3 is 2.52 bits per heavy atom. The Morgan fingerprint density at radius 2 is 1.96 bits per heavy atom. The molecule has 1 amide bonds. The van der Waals surface area contributed by atoms with Crippen molar-refractivity contribution in [3.63, 3.8) is 0 Å². The zero-order valence-electron chi connectivity index (χ0n) is 13.9. The molecule has 4 nitrogen and oxygen atoms in total. The third-order valence-electron chi connectivity index (χ3n) is 4.63. The largest absolute Gasteiger partial charge is 0.381 e. The van der Waals surface area contributed by atoms with Crippen molar-refractivity contribution >= 4 is 18.3 Å². The highest BCUT2D eigenvalue weighted by molar-refractivity contribution is 5.88. The molecule has 0 aliphatic carbocycles. The standard InChI is InChI=1S/C18H28N2O2.ClH/c1-2-3-9-16(14-19)20-17(21)18(10-12-22-13-11-18)15-7-5-4-6-8-15;/h4-8,16H,2-3,9-14,19H2,1H3,(H,20,21);1H. The number of carbonyl (C=O) groups excluding carboxylic acids is 1. The number of unbranched alkanes of at least 4 members (excludes halogenated alkanes) is 1. The van der Waals surface area contributed by atoms with E-state index in [0.29, 0.717) is 19.8 Å². The van der Waals surface area contributed by atoms with Gasteiger partial charge in [-0.15, -0.1) is 12.4 Å². The monoisotopic (exact) mass is 340 g/mol. The van der Waals surface area contributed by atoms with E-state index in [9.17, 15) is 4.79 Å². The summed E-state index contributed by atoms with van der Waals surface area (Å²) in [5.41, 5.74) is 6.45. The fraction of sp³-hybridized carbons (Fsp3) is 0.611. The number of rotatable bonds is 7. The van der Waals surface area contributed by atoms with Gasteiger partial charge < -0.3 is 15.8 Å². The summed E-state index contributed by atoms with van der Waals surface area (Å²) in [5.74, 6) is 0.105. The molecule has 1 saturated heterocycles. The Bertz CT molecular complexity index is 461. The molecule has 1 aliphatic heterocycles. The zero-order chi connectivity index (χ0) is 15.8. The Hall–Kier alpha value is -1.10. The van der Waals surface area contributed by atoms with Gasteiger partial charge in [0.15, 0.2) is 0 Å². The topological polar surface area (TPSA) is 64.3 Å². The van der Waals surface area contributed by atoms with Gasteiger partial charge in [-0.25, -0.2) is 0 Å². The zero-order valence-corrected chi connectivity index (χ0v) is 14.7. The lowest BCUT2D eigenvalue weighted by atomic mass is 9.73. The summed E-state index contributed by atoms with van der Waals surface area (Å²) >= 11 is 0. The average Bonchev–Trinajstić information content (AvgIpc) is 2.59. The molecule has 1 fully saturated rings. The van der Waals surface area contributed by atoms with Crippen molar-refractivity contribution in [1.82, 2.24) is 5.32 Å². The molecular weight excluding hydrogens is 312 g/mol. The van der Waals surface area contributed by atoms with Gasteiger partial charge in [0.2, 0.25) is 5.91 Å². The molecule has 130 valence electrons. The van der Waals surface area contributed by atoms with Crippen LogP contribution < -0.4 is 11.1 Å². The number of amides is 1. The molecule has 0 aromatic heterocycles. The number of nitrogens with one attached hydrogen (secondary N) is 1. The summed E-state index contributed by atoms with van der Waals surface area (Å²) in [7, 11) is 0. The third kappa shape index (κ3) is 4.93. The van der Waals surface area contributed by atoms with E-state index in [1.54, 1.807) is 0 Å². The Balaban J connectivity index is 0.00000264. The van der Waals surface area contributed by atoms with Crippen molar-refractivity contribution in [2.24, 2.45) is 5.73 Å². The van der Waals surface area contributed by atoms with Crippen LogP contribution in [0.3, 0.4) is 0 Å². The second-order valence-corrected chi connectivity index (χ2v) is 6.11. The van der Waals surface area contributed by atoms with Crippen molar-refractivity contribution < 1.29 is 9.53 Å². The van der Waals surface area contributed by atoms with Gasteiger partial charge >= 0.3 is 0 Å². The first-order valence-corrected chi connectivity index (χ1v) is 8.37. The van der Waals surface area contributed by atoms with Crippen LogP contribution in [0, 0.1) is 0 Å². The molecule has 0 radical (unpaired) electrons. The quantitative estimate of drug-likeness (QED) is 0.802. The summed E-state index contributed by atoms with van der Waals surface area (Å²) in [6.07, 6.45) is 4.61. The molecule has 5 heteroatoms. The highest BCUT2D eigenvalue weighted by Crippen LogP contribution is 2.35. The number of hydrogen-bond acceptors (Lipinski definition) is 3. The van der Waals surface area contributed by atoms with Gasteiger partial charge in [0, 0.05) is 25.8 Å². The Labute approximate surface area is 145 Å². The first-order chi connectivity index (χ1) is 10.7. The fourth-order valence-corrected chi connectivity index (χ4v) is 3.15. The number of hydrogen-bond donors (Lipinski definition) is 2. The minimum Gasteiger partial charge on any atom is -0.381 e. The normalized spacial score (nSPS) is 17.8. The Kier molecular flexibility index (Phi) is 8.59. The SMILES string of the molecule is CCCCC(CN)NC(=O)C1(c2ccccc2)CCOCC1.Cl. The molecular formula is C18H29ClN2O2. The lowest BCUT2D eigenvalue weighted by Crippen LogP contribution is -2.52. The molecule has 1 unspecified atom stereocenters. The fourth-order valence-electron chi connectivity index (χ4n) is 3.15. The van der Waals surface area contributed by atoms with E-state index in [-0.39, 0.29) is 24.4 Å². The first kappa shape index (κ1) is 19.9. The van der Waals surface area contributed by atoms with Gasteiger partial charge in [0.05, 0.1) is 5.41 Å². The van der Waals surface area contributed by atoms with E-state index in [0.717, 1.165) is 37.7 Å². The predicted molar refractivity (Wildman–Crippen MR) is 95.9 cm³/mol. The van der Waals surface area contributed by atoms with Gasteiger partial charge in [-0.1, -0.05) is 50.1 Å². The average molecular weight is 341 g/mol. The lowest BCUT2D eigenvalue weighted by molar-refractivity contribution is -0.131. The van der Waals surface area contributed by atoms with Crippen LogP contribution in [-0.2, 0) is 14.9 Å². The van der Waals surface area contributed by atoms with Crippen LogP contribution in [0.1, 0.15) is 44.6 Å². The minimum absolute atomic E-state index is 0. The molecule has 0 bridgehead atoms. The summed E-state index contributed by atoms with van der Waals surface area (Å²) in [6, 6.07) is 10.1. The molecule has 1 aliphatic rings. The first-order valence-electron chi connectivity index (χ1n) is 8.37. The van der Waals surface area contributed by atoms with Crippen LogP contribution in [0.4, 0.5) is 0 Å². The summed E-state index contributed by atoms with van der Waals surface area (Å²) < 4.78 is 5.49. The van der Waals surface area contributed by atoms with E-state index in [4.69, 9.17) is 10.5 Å². The number of ether oxygens (including phenoxy) is 1. The van der Waals surface area contributed by atoms with Gasteiger partial charge in [-0.2, -0.15) is 0 Å². The van der Waals surface area contributed by atoms with Crippen molar-refractivity contribution in [3.8, 4) is 0 Å². The molecule has 0 saturated carbocycles. The van der Waals surface area contributed by atoms with Crippen LogP contribution in [-0.4, -0.2) is 31.7 Å². The third-order valence-corrected chi connectivity index (χ3v) is 4.63. The molecule has 0 spiro atoms. The maximum Gasteiger partial charge on any atom is 0.231 e. The number of halogens is 1.